The van der Waals surface area contributed by atoms with Gasteiger partial charge in [0.15, 0.2) is 0 Å². The lowest BCUT2D eigenvalue weighted by Gasteiger charge is -2.20. The van der Waals surface area contributed by atoms with Crippen LogP contribution < -0.4 is 10.6 Å². The molecule has 0 bridgehead atoms. The van der Waals surface area contributed by atoms with E-state index in [1.807, 2.05) is 20.8 Å². The van der Waals surface area contributed by atoms with Crippen LogP contribution in [0.3, 0.4) is 0 Å². The van der Waals surface area contributed by atoms with Crippen molar-refractivity contribution in [2.24, 2.45) is 5.41 Å². The van der Waals surface area contributed by atoms with Gasteiger partial charge in [0.05, 0.1) is 0 Å². The Bertz CT molecular complexity index is 255. The normalized spacial score (nSPS) is 12.1. The van der Waals surface area contributed by atoms with Gasteiger partial charge in [0.2, 0.25) is 0 Å². The van der Waals surface area contributed by atoms with Crippen LogP contribution >= 0.6 is 0 Å². The maximum atomic E-state index is 11.6. The van der Waals surface area contributed by atoms with E-state index in [0.717, 1.165) is 0 Å². The van der Waals surface area contributed by atoms with Crippen LogP contribution in [0, 0.1) is 5.41 Å². The van der Waals surface area contributed by atoms with Crippen molar-refractivity contribution in [2.75, 3.05) is 6.54 Å². The third-order valence-corrected chi connectivity index (χ3v) is 2.13. The first-order valence-electron chi connectivity index (χ1n) is 6.57. The summed E-state index contributed by atoms with van der Waals surface area (Å²) in [7, 11) is 0. The maximum Gasteiger partial charge on any atom is 0.315 e. The molecule has 0 saturated carbocycles. The summed E-state index contributed by atoms with van der Waals surface area (Å²) in [5, 5.41) is 5.57. The molecular formula is C14H28N2O2. The highest BCUT2D eigenvalue weighted by atomic mass is 16.2. The average Bonchev–Trinajstić information content (AvgIpc) is 2.06. The molecule has 0 saturated heterocycles. The molecule has 0 atom stereocenters. The van der Waals surface area contributed by atoms with Gasteiger partial charge in [-0.15, -0.1) is 0 Å². The molecule has 18 heavy (non-hydrogen) atoms. The minimum atomic E-state index is -0.230. The van der Waals surface area contributed by atoms with Crippen LogP contribution in [0.4, 0.5) is 4.79 Å². The molecule has 0 aliphatic carbocycles. The number of Topliss-reactive ketones (excluding diaryl/α,β-unsaturated/α-hetero) is 1. The molecule has 106 valence electrons. The number of urea groups is 1. The molecule has 0 aliphatic rings. The monoisotopic (exact) mass is 256 g/mol. The Kier molecular flexibility index (Phi) is 6.36. The van der Waals surface area contributed by atoms with Gasteiger partial charge in [0, 0.05) is 24.9 Å². The molecule has 2 N–H and O–H groups in total. The summed E-state index contributed by atoms with van der Waals surface area (Å²) in [6.45, 7) is 12.5. The molecule has 0 aliphatic heterocycles. The van der Waals surface area contributed by atoms with Gasteiger partial charge in [0.1, 0.15) is 5.78 Å². The van der Waals surface area contributed by atoms with E-state index in [1.54, 1.807) is 0 Å². The van der Waals surface area contributed by atoms with Crippen molar-refractivity contribution in [1.29, 1.82) is 0 Å². The van der Waals surface area contributed by atoms with Gasteiger partial charge in [-0.1, -0.05) is 20.8 Å². The SMILES string of the molecule is CC(C)(C)CC(=O)CCCNC(=O)NC(C)(C)C. The highest BCUT2D eigenvalue weighted by molar-refractivity contribution is 5.79. The second kappa shape index (κ2) is 6.76. The molecule has 0 unspecified atom stereocenters. The van der Waals surface area contributed by atoms with E-state index in [1.165, 1.54) is 0 Å². The summed E-state index contributed by atoms with van der Waals surface area (Å²) in [6.07, 6.45) is 1.83. The number of hydrogen-bond donors (Lipinski definition) is 2. The zero-order chi connectivity index (χ0) is 14.4. The van der Waals surface area contributed by atoms with Crippen molar-refractivity contribution in [2.45, 2.75) is 66.3 Å². The van der Waals surface area contributed by atoms with Gasteiger partial charge < -0.3 is 10.6 Å². The van der Waals surface area contributed by atoms with Gasteiger partial charge in [-0.3, -0.25) is 4.79 Å². The summed E-state index contributed by atoms with van der Waals surface area (Å²) < 4.78 is 0. The maximum absolute atomic E-state index is 11.6. The fourth-order valence-corrected chi connectivity index (χ4v) is 1.55. The fraction of sp³-hybridized carbons (Fsp3) is 0.857. The number of nitrogens with one attached hydrogen (secondary N) is 2. The highest BCUT2D eigenvalue weighted by Gasteiger charge is 2.16. The molecule has 0 heterocycles. The Morgan fingerprint density at radius 3 is 2.00 bits per heavy atom. The second-order valence-electron chi connectivity index (χ2n) is 7.01. The minimum absolute atomic E-state index is 0.0497. The number of amides is 2. The molecule has 0 spiro atoms. The molecule has 4 nitrogen and oxygen atoms in total. The van der Waals surface area contributed by atoms with Crippen molar-refractivity contribution in [3.63, 3.8) is 0 Å². The van der Waals surface area contributed by atoms with Crippen molar-refractivity contribution in [3.05, 3.63) is 0 Å². The predicted molar refractivity (Wildman–Crippen MR) is 74.6 cm³/mol. The lowest BCUT2D eigenvalue weighted by molar-refractivity contribution is -0.120. The highest BCUT2D eigenvalue weighted by Crippen LogP contribution is 2.19. The van der Waals surface area contributed by atoms with Gasteiger partial charge in [-0.05, 0) is 32.6 Å². The lowest BCUT2D eigenvalue weighted by Crippen LogP contribution is -2.46. The Morgan fingerprint density at radius 1 is 1.00 bits per heavy atom. The molecule has 2 amide bonds. The van der Waals surface area contributed by atoms with Crippen molar-refractivity contribution in [1.82, 2.24) is 10.6 Å². The van der Waals surface area contributed by atoms with Crippen LogP contribution in [0.25, 0.3) is 0 Å². The van der Waals surface area contributed by atoms with Gasteiger partial charge >= 0.3 is 6.03 Å². The number of hydrogen-bond acceptors (Lipinski definition) is 2. The molecule has 0 aromatic rings. The second-order valence-corrected chi connectivity index (χ2v) is 7.01. The summed E-state index contributed by atoms with van der Waals surface area (Å²) in [5.41, 5.74) is -0.180. The fourth-order valence-electron chi connectivity index (χ4n) is 1.55. The Hall–Kier alpha value is -1.06. The van der Waals surface area contributed by atoms with Crippen LogP contribution in [0.15, 0.2) is 0 Å². The molecule has 0 aromatic heterocycles. The van der Waals surface area contributed by atoms with Gasteiger partial charge in [0.25, 0.3) is 0 Å². The zero-order valence-corrected chi connectivity index (χ0v) is 12.6. The lowest BCUT2D eigenvalue weighted by atomic mass is 9.89. The third-order valence-electron chi connectivity index (χ3n) is 2.13. The van der Waals surface area contributed by atoms with Gasteiger partial charge in [-0.2, -0.15) is 0 Å². The summed E-state index contributed by atoms with van der Waals surface area (Å²) in [6, 6.07) is -0.175. The Morgan fingerprint density at radius 2 is 1.56 bits per heavy atom. The molecule has 0 rings (SSSR count). The molecule has 0 radical (unpaired) electrons. The van der Waals surface area contributed by atoms with Crippen LogP contribution in [-0.4, -0.2) is 23.9 Å². The van der Waals surface area contributed by atoms with Crippen molar-refractivity contribution < 1.29 is 9.59 Å². The number of ketones is 1. The molecule has 0 aromatic carbocycles. The van der Waals surface area contributed by atoms with E-state index in [2.05, 4.69) is 31.4 Å². The van der Waals surface area contributed by atoms with Crippen LogP contribution in [0.2, 0.25) is 0 Å². The average molecular weight is 256 g/mol. The van der Waals surface area contributed by atoms with E-state index in [4.69, 9.17) is 0 Å². The van der Waals surface area contributed by atoms with E-state index >= 15 is 0 Å². The zero-order valence-electron chi connectivity index (χ0n) is 12.6. The largest absolute Gasteiger partial charge is 0.338 e. The topological polar surface area (TPSA) is 58.2 Å². The summed E-state index contributed by atoms with van der Waals surface area (Å²) >= 11 is 0. The summed E-state index contributed by atoms with van der Waals surface area (Å²) in [5.74, 6) is 0.264. The molecule has 0 fully saturated rings. The van der Waals surface area contributed by atoms with E-state index < -0.39 is 0 Å². The third kappa shape index (κ3) is 11.4. The van der Waals surface area contributed by atoms with E-state index in [9.17, 15) is 9.59 Å². The van der Waals surface area contributed by atoms with E-state index in [-0.39, 0.29) is 22.8 Å². The smallest absolute Gasteiger partial charge is 0.315 e. The van der Waals surface area contributed by atoms with E-state index in [0.29, 0.717) is 25.8 Å². The van der Waals surface area contributed by atoms with Crippen molar-refractivity contribution >= 4 is 11.8 Å². The van der Waals surface area contributed by atoms with Crippen LogP contribution in [0.1, 0.15) is 60.8 Å². The van der Waals surface area contributed by atoms with Crippen molar-refractivity contribution in [3.8, 4) is 0 Å². The first kappa shape index (κ1) is 16.9. The number of carbonyl (C=O) groups is 2. The first-order chi connectivity index (χ1) is 7.99. The Labute approximate surface area is 111 Å². The molecular weight excluding hydrogens is 228 g/mol. The standard InChI is InChI=1S/C14H28N2O2/c1-13(2,3)10-11(17)8-7-9-15-12(18)16-14(4,5)6/h7-10H2,1-6H3,(H2,15,16,18). The number of carbonyl (C=O) groups excluding carboxylic acids is 2. The first-order valence-corrected chi connectivity index (χ1v) is 6.57. The number of rotatable bonds is 5. The predicted octanol–water partition coefficient (Wildman–Crippen LogP) is 2.87. The van der Waals surface area contributed by atoms with Crippen LogP contribution in [-0.2, 0) is 4.79 Å². The molecule has 4 heteroatoms. The minimum Gasteiger partial charge on any atom is -0.338 e. The van der Waals surface area contributed by atoms with Gasteiger partial charge in [-0.25, -0.2) is 4.79 Å². The van der Waals surface area contributed by atoms with Crippen LogP contribution in [0.5, 0.6) is 0 Å². The quantitative estimate of drug-likeness (QED) is 0.743. The summed E-state index contributed by atoms with van der Waals surface area (Å²) in [4.78, 5) is 23.0. The Balaban J connectivity index is 3.69.